The van der Waals surface area contributed by atoms with E-state index in [1.165, 1.54) is 6.07 Å². The molecule has 4 nitrogen and oxygen atoms in total. The number of nitrogens with zero attached hydrogens (tertiary/aromatic N) is 1. The van der Waals surface area contributed by atoms with Crippen LogP contribution in [0.2, 0.25) is 0 Å². The van der Waals surface area contributed by atoms with Gasteiger partial charge in [0.15, 0.2) is 5.78 Å². The van der Waals surface area contributed by atoms with E-state index in [9.17, 15) is 18.0 Å². The summed E-state index contributed by atoms with van der Waals surface area (Å²) in [7, 11) is 1.58. The number of fused-ring (bicyclic) bond motifs is 1. The summed E-state index contributed by atoms with van der Waals surface area (Å²) in [6.45, 7) is 0.0240. The second kappa shape index (κ2) is 4.41. The fourth-order valence-corrected chi connectivity index (χ4v) is 1.65. The predicted octanol–water partition coefficient (Wildman–Crippen LogP) is 1.98. The van der Waals surface area contributed by atoms with Crippen molar-refractivity contribution in [3.63, 3.8) is 0 Å². The van der Waals surface area contributed by atoms with Crippen molar-refractivity contribution in [1.82, 2.24) is 15.5 Å². The molecule has 0 bridgehead atoms. The number of alkyl halides is 3. The second-order valence-corrected chi connectivity index (χ2v) is 3.78. The van der Waals surface area contributed by atoms with Crippen molar-refractivity contribution in [3.05, 3.63) is 29.5 Å². The maximum absolute atomic E-state index is 12.6. The lowest BCUT2D eigenvalue weighted by atomic mass is 10.1. The number of halogens is 3. The van der Waals surface area contributed by atoms with Crippen LogP contribution in [0.15, 0.2) is 18.2 Å². The minimum absolute atomic E-state index is 0.0189. The van der Waals surface area contributed by atoms with Gasteiger partial charge in [0.1, 0.15) is 5.69 Å². The number of hydrogen-bond donors (Lipinski definition) is 2. The van der Waals surface area contributed by atoms with E-state index in [2.05, 4.69) is 15.5 Å². The van der Waals surface area contributed by atoms with Gasteiger partial charge in [0, 0.05) is 5.39 Å². The van der Waals surface area contributed by atoms with Gasteiger partial charge < -0.3 is 5.32 Å². The van der Waals surface area contributed by atoms with Crippen molar-refractivity contribution in [2.24, 2.45) is 0 Å². The van der Waals surface area contributed by atoms with Crippen LogP contribution >= 0.6 is 0 Å². The zero-order chi connectivity index (χ0) is 13.3. The van der Waals surface area contributed by atoms with E-state index < -0.39 is 11.7 Å². The minimum Gasteiger partial charge on any atom is -0.313 e. The lowest BCUT2D eigenvalue weighted by Gasteiger charge is -2.06. The average Bonchev–Trinajstić information content (AvgIpc) is 2.70. The molecule has 0 atom stereocenters. The largest absolute Gasteiger partial charge is 0.416 e. The van der Waals surface area contributed by atoms with E-state index in [0.29, 0.717) is 5.52 Å². The lowest BCUT2D eigenvalue weighted by Crippen LogP contribution is -2.19. The number of carbonyl (C=O) groups is 1. The molecule has 0 radical (unpaired) electrons. The summed E-state index contributed by atoms with van der Waals surface area (Å²) >= 11 is 0. The molecule has 18 heavy (non-hydrogen) atoms. The number of ketones is 1. The molecule has 2 rings (SSSR count). The van der Waals surface area contributed by atoms with Crippen molar-refractivity contribution in [3.8, 4) is 0 Å². The third kappa shape index (κ3) is 2.21. The zero-order valence-electron chi connectivity index (χ0n) is 9.43. The molecule has 0 saturated carbocycles. The molecule has 0 aliphatic heterocycles. The van der Waals surface area contributed by atoms with Crippen molar-refractivity contribution in [1.29, 1.82) is 0 Å². The highest BCUT2D eigenvalue weighted by molar-refractivity contribution is 6.06. The van der Waals surface area contributed by atoms with Crippen LogP contribution in [0.5, 0.6) is 0 Å². The maximum Gasteiger partial charge on any atom is 0.416 e. The van der Waals surface area contributed by atoms with Gasteiger partial charge in [0.05, 0.1) is 17.6 Å². The Labute approximate surface area is 100 Å². The summed E-state index contributed by atoms with van der Waals surface area (Å²) in [4.78, 5) is 11.7. The normalized spacial score (nSPS) is 12.0. The van der Waals surface area contributed by atoms with Gasteiger partial charge in [-0.25, -0.2) is 0 Å². The zero-order valence-corrected chi connectivity index (χ0v) is 9.43. The van der Waals surface area contributed by atoms with Crippen LogP contribution in [0.3, 0.4) is 0 Å². The molecule has 0 aliphatic carbocycles. The number of carbonyl (C=O) groups excluding carboxylic acids is 1. The van der Waals surface area contributed by atoms with Crippen molar-refractivity contribution >= 4 is 16.7 Å². The molecule has 96 valence electrons. The van der Waals surface area contributed by atoms with Gasteiger partial charge in [-0.2, -0.15) is 18.3 Å². The van der Waals surface area contributed by atoms with E-state index in [1.54, 1.807) is 7.05 Å². The summed E-state index contributed by atoms with van der Waals surface area (Å²) in [5, 5.41) is 9.12. The van der Waals surface area contributed by atoms with Gasteiger partial charge in [-0.3, -0.25) is 9.89 Å². The second-order valence-electron chi connectivity index (χ2n) is 3.78. The highest BCUT2D eigenvalue weighted by Gasteiger charge is 2.31. The molecular weight excluding hydrogens is 247 g/mol. The number of H-pyrrole nitrogens is 1. The lowest BCUT2D eigenvalue weighted by molar-refractivity contribution is -0.137. The van der Waals surface area contributed by atoms with Crippen LogP contribution < -0.4 is 5.32 Å². The van der Waals surface area contributed by atoms with E-state index in [1.807, 2.05) is 0 Å². The van der Waals surface area contributed by atoms with Crippen LogP contribution in [0.25, 0.3) is 10.9 Å². The Morgan fingerprint density at radius 2 is 2.17 bits per heavy atom. The molecule has 0 saturated heterocycles. The Balaban J connectivity index is 2.53. The fourth-order valence-electron chi connectivity index (χ4n) is 1.65. The van der Waals surface area contributed by atoms with Crippen molar-refractivity contribution in [2.45, 2.75) is 6.18 Å². The van der Waals surface area contributed by atoms with E-state index in [4.69, 9.17) is 0 Å². The number of nitrogens with one attached hydrogen (secondary N) is 2. The molecule has 2 aromatic rings. The average molecular weight is 257 g/mol. The summed E-state index contributed by atoms with van der Waals surface area (Å²) in [6, 6.07) is 3.15. The van der Waals surface area contributed by atoms with Gasteiger partial charge in [0.25, 0.3) is 0 Å². The quantitative estimate of drug-likeness (QED) is 0.827. The molecule has 1 aromatic carbocycles. The van der Waals surface area contributed by atoms with Gasteiger partial charge in [-0.1, -0.05) is 0 Å². The molecule has 0 fully saturated rings. The van der Waals surface area contributed by atoms with Crippen LogP contribution in [0.4, 0.5) is 13.2 Å². The highest BCUT2D eigenvalue weighted by Crippen LogP contribution is 2.31. The molecule has 0 unspecified atom stereocenters. The van der Waals surface area contributed by atoms with Crippen LogP contribution in [-0.4, -0.2) is 29.6 Å². The molecule has 0 aliphatic rings. The van der Waals surface area contributed by atoms with Crippen LogP contribution in [0, 0.1) is 0 Å². The molecule has 7 heteroatoms. The van der Waals surface area contributed by atoms with Gasteiger partial charge in [0.2, 0.25) is 0 Å². The van der Waals surface area contributed by atoms with Crippen LogP contribution in [-0.2, 0) is 6.18 Å². The number of Topliss-reactive ketones (excluding diaryl/α,β-unsaturated/α-hetero) is 1. The van der Waals surface area contributed by atoms with Gasteiger partial charge in [-0.15, -0.1) is 0 Å². The number of benzene rings is 1. The third-order valence-corrected chi connectivity index (χ3v) is 2.49. The number of rotatable bonds is 3. The summed E-state index contributed by atoms with van der Waals surface area (Å²) in [5.74, 6) is -0.358. The number of hydrogen-bond acceptors (Lipinski definition) is 3. The van der Waals surface area contributed by atoms with Gasteiger partial charge in [-0.05, 0) is 25.2 Å². The minimum atomic E-state index is -4.44. The predicted molar refractivity (Wildman–Crippen MR) is 59.4 cm³/mol. The monoisotopic (exact) mass is 257 g/mol. The topological polar surface area (TPSA) is 57.8 Å². The molecule has 1 heterocycles. The Morgan fingerprint density at radius 1 is 1.44 bits per heavy atom. The Bertz CT molecular complexity index is 589. The smallest absolute Gasteiger partial charge is 0.313 e. The Hall–Kier alpha value is -1.89. The van der Waals surface area contributed by atoms with Crippen LogP contribution in [0.1, 0.15) is 16.1 Å². The third-order valence-electron chi connectivity index (χ3n) is 2.49. The van der Waals surface area contributed by atoms with Crippen molar-refractivity contribution in [2.75, 3.05) is 13.6 Å². The summed E-state index contributed by atoms with van der Waals surface area (Å²) in [6.07, 6.45) is -4.44. The Kier molecular flexibility index (Phi) is 3.08. The number of aromatic nitrogens is 2. The van der Waals surface area contributed by atoms with Crippen molar-refractivity contribution < 1.29 is 18.0 Å². The summed E-state index contributed by atoms with van der Waals surface area (Å²) < 4.78 is 37.7. The maximum atomic E-state index is 12.6. The van der Waals surface area contributed by atoms with E-state index in [-0.39, 0.29) is 23.4 Å². The molecule has 0 spiro atoms. The first-order valence-corrected chi connectivity index (χ1v) is 5.16. The molecule has 2 N–H and O–H groups in total. The fraction of sp³-hybridized carbons (Fsp3) is 0.273. The SMILES string of the molecule is CNCC(=O)c1n[nH]c2ccc(C(F)(F)F)cc12. The number of likely N-dealkylation sites (N-methyl/N-ethyl adjacent to an activating group) is 1. The molecular formula is C11H10F3N3O. The van der Waals surface area contributed by atoms with E-state index >= 15 is 0 Å². The molecule has 0 amide bonds. The summed E-state index contributed by atoms with van der Waals surface area (Å²) in [5.41, 5.74) is -0.372. The highest BCUT2D eigenvalue weighted by atomic mass is 19.4. The number of aromatic amines is 1. The standard InChI is InChI=1S/C11H10F3N3O/c1-15-5-9(18)10-7-4-6(11(12,13)14)2-3-8(7)16-17-10/h2-4,15H,5H2,1H3,(H,16,17). The first-order chi connectivity index (χ1) is 8.43. The first-order valence-electron chi connectivity index (χ1n) is 5.16. The van der Waals surface area contributed by atoms with Gasteiger partial charge >= 0.3 is 6.18 Å². The van der Waals surface area contributed by atoms with E-state index in [0.717, 1.165) is 12.1 Å². The first kappa shape index (κ1) is 12.6. The Morgan fingerprint density at radius 3 is 2.78 bits per heavy atom. The molecule has 1 aromatic heterocycles.